The summed E-state index contributed by atoms with van der Waals surface area (Å²) in [6, 6.07) is 12.7. The molecule has 0 radical (unpaired) electrons. The summed E-state index contributed by atoms with van der Waals surface area (Å²) < 4.78 is 5.37. The normalized spacial score (nSPS) is 13.5. The van der Waals surface area contributed by atoms with Gasteiger partial charge in [-0.05, 0) is 57.7 Å². The number of terminal acetylenes is 1. The van der Waals surface area contributed by atoms with Gasteiger partial charge in [-0.2, -0.15) is 0 Å². The van der Waals surface area contributed by atoms with Crippen LogP contribution in [-0.2, 0) is 14.3 Å². The molecule has 0 aliphatic carbocycles. The van der Waals surface area contributed by atoms with Crippen LogP contribution < -0.4 is 10.6 Å². The smallest absolute Gasteiger partial charge is 0.408 e. The molecule has 37 heavy (non-hydrogen) atoms. The highest BCUT2D eigenvalue weighted by Gasteiger charge is 2.38. The minimum absolute atomic E-state index is 0.289. The first-order valence-corrected chi connectivity index (χ1v) is 12.6. The first kappa shape index (κ1) is 29.7. The van der Waals surface area contributed by atoms with Gasteiger partial charge < -0.3 is 15.4 Å². The molecule has 2 aromatic rings. The molecule has 0 bridgehead atoms. The fourth-order valence-electron chi connectivity index (χ4n) is 3.77. The van der Waals surface area contributed by atoms with Crippen LogP contribution in [0, 0.1) is 32.2 Å². The Morgan fingerprint density at radius 1 is 1.14 bits per heavy atom. The third-order valence-corrected chi connectivity index (χ3v) is 6.18. The topological polar surface area (TPSA) is 87.7 Å². The highest BCUT2D eigenvalue weighted by molar-refractivity contribution is 6.34. The minimum Gasteiger partial charge on any atom is -0.444 e. The summed E-state index contributed by atoms with van der Waals surface area (Å²) in [6.45, 7) is 12.6. The van der Waals surface area contributed by atoms with Gasteiger partial charge in [0.15, 0.2) is 0 Å². The predicted octanol–water partition coefficient (Wildman–Crippen LogP) is 6.00. The van der Waals surface area contributed by atoms with Gasteiger partial charge in [0.1, 0.15) is 17.7 Å². The standard InChI is InChI=1S/C29H36ClN3O4/c1-9-19(4)24(32-28(36)37-29(6,7)8)27(35)33(10-2)25(21-15-11-13-18(3)17-21)26(34)31-23-20(5)14-12-16-22(23)30/h2,11-17,19,24-25H,9H2,1,3-8H3,(H,31,34)(H,32,36). The number of alkyl carbamates (subject to hydrolysis) is 1. The van der Waals surface area contributed by atoms with Crippen LogP contribution in [0.3, 0.4) is 0 Å². The lowest BCUT2D eigenvalue weighted by Crippen LogP contribution is -2.53. The van der Waals surface area contributed by atoms with E-state index in [1.54, 1.807) is 51.1 Å². The maximum Gasteiger partial charge on any atom is 0.408 e. The number of hydrogen-bond donors (Lipinski definition) is 2. The number of nitrogens with zero attached hydrogens (tertiary/aromatic N) is 1. The molecule has 0 aromatic heterocycles. The number of para-hydroxylation sites is 1. The maximum absolute atomic E-state index is 13.9. The summed E-state index contributed by atoms with van der Waals surface area (Å²) in [5.41, 5.74) is 1.84. The van der Waals surface area contributed by atoms with Gasteiger partial charge in [0, 0.05) is 6.04 Å². The lowest BCUT2D eigenvalue weighted by atomic mass is 9.95. The molecule has 2 rings (SSSR count). The largest absolute Gasteiger partial charge is 0.444 e. The second-order valence-electron chi connectivity index (χ2n) is 10.1. The number of anilines is 1. The highest BCUT2D eigenvalue weighted by Crippen LogP contribution is 2.30. The summed E-state index contributed by atoms with van der Waals surface area (Å²) in [5.74, 6) is -1.42. The van der Waals surface area contributed by atoms with Crippen LogP contribution in [0.25, 0.3) is 0 Å². The Morgan fingerprint density at radius 2 is 1.78 bits per heavy atom. The zero-order valence-corrected chi connectivity index (χ0v) is 23.3. The molecule has 198 valence electrons. The van der Waals surface area contributed by atoms with Crippen LogP contribution in [0.4, 0.5) is 10.5 Å². The molecule has 7 nitrogen and oxygen atoms in total. The van der Waals surface area contributed by atoms with Crippen LogP contribution in [0.2, 0.25) is 5.02 Å². The zero-order valence-electron chi connectivity index (χ0n) is 22.5. The number of amides is 3. The molecule has 3 amide bonds. The molecular formula is C29H36ClN3O4. The van der Waals surface area contributed by atoms with Crippen LogP contribution in [-0.4, -0.2) is 34.5 Å². The third kappa shape index (κ3) is 7.99. The van der Waals surface area contributed by atoms with Crippen LogP contribution >= 0.6 is 11.6 Å². The fraction of sp³-hybridized carbons (Fsp3) is 0.414. The molecule has 0 aliphatic rings. The number of halogens is 1. The van der Waals surface area contributed by atoms with E-state index in [0.29, 0.717) is 22.7 Å². The summed E-state index contributed by atoms with van der Waals surface area (Å²) in [5, 5.41) is 5.87. The van der Waals surface area contributed by atoms with E-state index in [1.807, 2.05) is 39.8 Å². The number of rotatable bonds is 8. The van der Waals surface area contributed by atoms with E-state index >= 15 is 0 Å². The lowest BCUT2D eigenvalue weighted by molar-refractivity contribution is -0.137. The van der Waals surface area contributed by atoms with E-state index < -0.39 is 35.6 Å². The Kier molecular flexibility index (Phi) is 10.2. The predicted molar refractivity (Wildman–Crippen MR) is 147 cm³/mol. The molecule has 0 saturated heterocycles. The van der Waals surface area contributed by atoms with Crippen LogP contribution in [0.5, 0.6) is 0 Å². The second kappa shape index (κ2) is 12.6. The van der Waals surface area contributed by atoms with Crippen molar-refractivity contribution in [2.24, 2.45) is 5.92 Å². The first-order valence-electron chi connectivity index (χ1n) is 12.2. The molecular weight excluding hydrogens is 490 g/mol. The van der Waals surface area contributed by atoms with Gasteiger partial charge in [0.05, 0.1) is 10.7 Å². The van der Waals surface area contributed by atoms with Crippen molar-refractivity contribution in [2.75, 3.05) is 5.32 Å². The van der Waals surface area contributed by atoms with Crippen molar-refractivity contribution >= 4 is 35.2 Å². The number of nitrogens with one attached hydrogen (secondary N) is 2. The summed E-state index contributed by atoms with van der Waals surface area (Å²) in [7, 11) is 0. The number of carbonyl (C=O) groups is 3. The van der Waals surface area contributed by atoms with Gasteiger partial charge in [-0.25, -0.2) is 4.79 Å². The van der Waals surface area contributed by atoms with Crippen molar-refractivity contribution in [3.8, 4) is 12.5 Å². The lowest BCUT2D eigenvalue weighted by Gasteiger charge is -2.32. The van der Waals surface area contributed by atoms with Crippen molar-refractivity contribution in [3.05, 3.63) is 64.2 Å². The van der Waals surface area contributed by atoms with Gasteiger partial charge in [-0.3, -0.25) is 14.5 Å². The number of ether oxygens (including phenoxy) is 1. The van der Waals surface area contributed by atoms with E-state index in [-0.39, 0.29) is 5.92 Å². The maximum atomic E-state index is 13.9. The molecule has 8 heteroatoms. The average molecular weight is 526 g/mol. The molecule has 0 spiro atoms. The van der Waals surface area contributed by atoms with Crippen molar-refractivity contribution in [1.29, 1.82) is 0 Å². The van der Waals surface area contributed by atoms with Gasteiger partial charge in [0.2, 0.25) is 0 Å². The first-order chi connectivity index (χ1) is 17.3. The molecule has 3 atom stereocenters. The summed E-state index contributed by atoms with van der Waals surface area (Å²) in [6.07, 6.45) is 5.69. The SMILES string of the molecule is C#CN(C(=O)C(NC(=O)OC(C)(C)C)C(C)CC)C(C(=O)Nc1c(C)cccc1Cl)c1cccc(C)c1. The minimum atomic E-state index is -1.18. The second-order valence-corrected chi connectivity index (χ2v) is 10.5. The number of carbonyl (C=O) groups excluding carboxylic acids is 3. The molecule has 3 unspecified atom stereocenters. The van der Waals surface area contributed by atoms with Gasteiger partial charge in [-0.1, -0.05) is 80.3 Å². The summed E-state index contributed by atoms with van der Waals surface area (Å²) >= 11 is 6.35. The molecule has 0 saturated carbocycles. The van der Waals surface area contributed by atoms with Crippen LogP contribution in [0.1, 0.15) is 63.8 Å². The van der Waals surface area contributed by atoms with Crippen molar-refractivity contribution in [2.45, 2.75) is 72.6 Å². The van der Waals surface area contributed by atoms with Gasteiger partial charge in [-0.15, -0.1) is 0 Å². The van der Waals surface area contributed by atoms with Crippen LogP contribution in [0.15, 0.2) is 42.5 Å². The molecule has 0 aliphatic heterocycles. The fourth-order valence-corrected chi connectivity index (χ4v) is 4.04. The number of benzene rings is 2. The summed E-state index contributed by atoms with van der Waals surface area (Å²) in [4.78, 5) is 41.2. The van der Waals surface area contributed by atoms with Crippen molar-refractivity contribution in [3.63, 3.8) is 0 Å². The molecule has 0 heterocycles. The quantitative estimate of drug-likeness (QED) is 0.327. The highest BCUT2D eigenvalue weighted by atomic mass is 35.5. The Hall–Kier alpha value is -3.50. The van der Waals surface area contributed by atoms with E-state index in [0.717, 1.165) is 16.0 Å². The Labute approximate surface area is 224 Å². The van der Waals surface area contributed by atoms with Crippen molar-refractivity contribution in [1.82, 2.24) is 10.2 Å². The zero-order chi connectivity index (χ0) is 27.9. The monoisotopic (exact) mass is 525 g/mol. The van der Waals surface area contributed by atoms with E-state index in [1.165, 1.54) is 0 Å². The van der Waals surface area contributed by atoms with Gasteiger partial charge >= 0.3 is 6.09 Å². The van der Waals surface area contributed by atoms with E-state index in [9.17, 15) is 14.4 Å². The third-order valence-electron chi connectivity index (χ3n) is 5.86. The Morgan fingerprint density at radius 3 is 2.32 bits per heavy atom. The van der Waals surface area contributed by atoms with E-state index in [4.69, 9.17) is 22.8 Å². The number of aryl methyl sites for hydroxylation is 2. The average Bonchev–Trinajstić information content (AvgIpc) is 2.81. The Balaban J connectivity index is 2.53. The van der Waals surface area contributed by atoms with E-state index in [2.05, 4.69) is 16.7 Å². The molecule has 0 fully saturated rings. The van der Waals surface area contributed by atoms with Crippen molar-refractivity contribution < 1.29 is 19.1 Å². The molecule has 2 N–H and O–H groups in total. The van der Waals surface area contributed by atoms with Gasteiger partial charge in [0.25, 0.3) is 11.8 Å². The Bertz CT molecular complexity index is 1160. The molecule has 2 aromatic carbocycles. The number of hydrogen-bond acceptors (Lipinski definition) is 4.